The Bertz CT molecular complexity index is 962. The van der Waals surface area contributed by atoms with Gasteiger partial charge in [-0.25, -0.2) is 13.1 Å². The molecule has 0 bridgehead atoms. The van der Waals surface area contributed by atoms with E-state index in [-0.39, 0.29) is 17.3 Å². The lowest BCUT2D eigenvalue weighted by molar-refractivity contribution is -0.142. The van der Waals surface area contributed by atoms with Crippen molar-refractivity contribution in [2.75, 3.05) is 11.9 Å². The molecule has 0 aliphatic carbocycles. The Kier molecular flexibility index (Phi) is 9.41. The summed E-state index contributed by atoms with van der Waals surface area (Å²) in [5.74, 6) is -0.279. The monoisotopic (exact) mass is 512 g/mol. The minimum Gasteiger partial charge on any atom is -0.466 e. The van der Waals surface area contributed by atoms with Crippen LogP contribution in [0.2, 0.25) is 0 Å². The van der Waals surface area contributed by atoms with Crippen LogP contribution in [-0.4, -0.2) is 32.0 Å². The number of thiocarbonyl (C=S) groups is 1. The summed E-state index contributed by atoms with van der Waals surface area (Å²) < 4.78 is 33.9. The van der Waals surface area contributed by atoms with Gasteiger partial charge in [-0.15, -0.1) is 0 Å². The van der Waals surface area contributed by atoms with E-state index >= 15 is 0 Å². The van der Waals surface area contributed by atoms with Gasteiger partial charge in [0.15, 0.2) is 0 Å². The Morgan fingerprint density at radius 1 is 1.10 bits per heavy atom. The van der Waals surface area contributed by atoms with Gasteiger partial charge in [-0.1, -0.05) is 53.6 Å². The van der Waals surface area contributed by atoms with Crippen LogP contribution in [0.4, 0.5) is 5.69 Å². The fourth-order valence-electron chi connectivity index (χ4n) is 2.72. The number of anilines is 1. The van der Waals surface area contributed by atoms with E-state index in [0.717, 1.165) is 22.1 Å². The number of sulfonamides is 1. The molecule has 0 aliphatic rings. The molecule has 2 N–H and O–H groups in total. The van der Waals surface area contributed by atoms with Crippen molar-refractivity contribution in [3.8, 4) is 0 Å². The summed E-state index contributed by atoms with van der Waals surface area (Å²) in [6.45, 7) is 4.08. The van der Waals surface area contributed by atoms with Crippen LogP contribution >= 0.6 is 28.1 Å². The highest BCUT2D eigenvalue weighted by Gasteiger charge is 2.23. The predicted octanol–water partition coefficient (Wildman–Crippen LogP) is 4.44. The normalized spacial score (nSPS) is 12.2. The number of hydrogen-bond donors (Lipinski definition) is 2. The number of ether oxygens (including phenoxy) is 1. The molecule has 0 saturated carbocycles. The molecular weight excluding hydrogens is 488 g/mol. The second kappa shape index (κ2) is 11.5. The molecule has 9 heteroatoms. The first-order chi connectivity index (χ1) is 14.2. The molecule has 162 valence electrons. The molecule has 0 fully saturated rings. The van der Waals surface area contributed by atoms with Crippen LogP contribution in [-0.2, 0) is 26.0 Å². The Hall–Kier alpha value is -1.81. The minimum absolute atomic E-state index is 0.179. The van der Waals surface area contributed by atoms with E-state index < -0.39 is 16.1 Å². The molecule has 2 aromatic rings. The van der Waals surface area contributed by atoms with Crippen LogP contribution < -0.4 is 10.0 Å². The van der Waals surface area contributed by atoms with Gasteiger partial charge >= 0.3 is 5.97 Å². The standard InChI is InChI=1S/C21H25BrN2O4S2/c1-3-5-19(24-30(26,27)18-12-8-16(22)9-13-18)21(29)23-17-10-6-15(7-11-17)14-20(25)28-4-2/h6-13,19,24H,3-5,14H2,1-2H3,(H,23,29)/t19-/m0/s1. The summed E-state index contributed by atoms with van der Waals surface area (Å²) in [6, 6.07) is 13.1. The number of carbonyl (C=O) groups is 1. The zero-order valence-electron chi connectivity index (χ0n) is 16.9. The molecule has 0 spiro atoms. The third kappa shape index (κ3) is 7.46. The van der Waals surface area contributed by atoms with Crippen molar-refractivity contribution in [3.63, 3.8) is 0 Å². The number of benzene rings is 2. The van der Waals surface area contributed by atoms with E-state index in [0.29, 0.717) is 18.0 Å². The summed E-state index contributed by atoms with van der Waals surface area (Å²) >= 11 is 8.78. The van der Waals surface area contributed by atoms with Crippen molar-refractivity contribution in [3.05, 3.63) is 58.6 Å². The van der Waals surface area contributed by atoms with Crippen molar-refractivity contribution >= 4 is 54.8 Å². The molecule has 0 heterocycles. The van der Waals surface area contributed by atoms with E-state index in [1.54, 1.807) is 31.2 Å². The van der Waals surface area contributed by atoms with Crippen LogP contribution in [0.1, 0.15) is 32.3 Å². The van der Waals surface area contributed by atoms with Gasteiger partial charge in [-0.05, 0) is 55.3 Å². The van der Waals surface area contributed by atoms with Gasteiger partial charge in [0.05, 0.1) is 29.0 Å². The van der Waals surface area contributed by atoms with Crippen LogP contribution in [0.15, 0.2) is 57.9 Å². The number of esters is 1. The van der Waals surface area contributed by atoms with Gasteiger partial charge in [0.25, 0.3) is 0 Å². The van der Waals surface area contributed by atoms with Crippen molar-refractivity contribution in [1.29, 1.82) is 0 Å². The lowest BCUT2D eigenvalue weighted by atomic mass is 10.1. The summed E-state index contributed by atoms with van der Waals surface area (Å²) in [6.07, 6.45) is 1.51. The highest BCUT2D eigenvalue weighted by Crippen LogP contribution is 2.17. The van der Waals surface area contributed by atoms with Gasteiger partial charge in [0.2, 0.25) is 10.0 Å². The Labute approximate surface area is 191 Å². The lowest BCUT2D eigenvalue weighted by Crippen LogP contribution is -2.42. The van der Waals surface area contributed by atoms with Crippen molar-refractivity contribution in [2.24, 2.45) is 0 Å². The Morgan fingerprint density at radius 2 is 1.73 bits per heavy atom. The molecule has 0 saturated heterocycles. The van der Waals surface area contributed by atoms with Gasteiger partial charge in [0, 0.05) is 10.2 Å². The number of rotatable bonds is 10. The second-order valence-corrected chi connectivity index (χ2v) is 9.65. The quantitative estimate of drug-likeness (QED) is 0.361. The second-order valence-electron chi connectivity index (χ2n) is 6.58. The molecule has 0 aliphatic heterocycles. The first-order valence-corrected chi connectivity index (χ1v) is 12.3. The molecule has 0 aromatic heterocycles. The van der Waals surface area contributed by atoms with Gasteiger partial charge in [-0.3, -0.25) is 4.79 Å². The SMILES string of the molecule is CCC[C@H](NS(=O)(=O)c1ccc(Br)cc1)C(=S)Nc1ccc(CC(=O)OCC)cc1. The largest absolute Gasteiger partial charge is 0.466 e. The number of carbonyl (C=O) groups excluding carboxylic acids is 1. The van der Waals surface area contributed by atoms with Gasteiger partial charge < -0.3 is 10.1 Å². The smallest absolute Gasteiger partial charge is 0.310 e. The molecule has 2 aromatic carbocycles. The van der Waals surface area contributed by atoms with Gasteiger partial charge in [0.1, 0.15) is 0 Å². The van der Waals surface area contributed by atoms with Crippen LogP contribution in [0.3, 0.4) is 0 Å². The fourth-order valence-corrected chi connectivity index (χ4v) is 4.59. The molecule has 1 atom stereocenters. The maximum Gasteiger partial charge on any atom is 0.310 e. The number of nitrogens with one attached hydrogen (secondary N) is 2. The third-order valence-electron chi connectivity index (χ3n) is 4.19. The average Bonchev–Trinajstić information content (AvgIpc) is 2.69. The van der Waals surface area contributed by atoms with E-state index in [9.17, 15) is 13.2 Å². The van der Waals surface area contributed by atoms with E-state index in [1.807, 2.05) is 19.1 Å². The number of halogens is 1. The molecular formula is C21H25BrN2O4S2. The Morgan fingerprint density at radius 3 is 2.30 bits per heavy atom. The lowest BCUT2D eigenvalue weighted by Gasteiger charge is -2.20. The zero-order chi connectivity index (χ0) is 22.1. The highest BCUT2D eigenvalue weighted by atomic mass is 79.9. The predicted molar refractivity (Wildman–Crippen MR) is 126 cm³/mol. The topological polar surface area (TPSA) is 84.5 Å². The van der Waals surface area contributed by atoms with Crippen LogP contribution in [0.5, 0.6) is 0 Å². The zero-order valence-corrected chi connectivity index (χ0v) is 20.1. The van der Waals surface area contributed by atoms with E-state index in [4.69, 9.17) is 17.0 Å². The first-order valence-electron chi connectivity index (χ1n) is 9.58. The minimum atomic E-state index is -3.71. The number of hydrogen-bond acceptors (Lipinski definition) is 5. The van der Waals surface area contributed by atoms with Crippen molar-refractivity contribution < 1.29 is 17.9 Å². The molecule has 6 nitrogen and oxygen atoms in total. The molecule has 0 radical (unpaired) electrons. The fraction of sp³-hybridized carbons (Fsp3) is 0.333. The summed E-state index contributed by atoms with van der Waals surface area (Å²) in [4.78, 5) is 12.1. The molecule has 0 unspecified atom stereocenters. The van der Waals surface area contributed by atoms with Gasteiger partial charge in [-0.2, -0.15) is 0 Å². The maximum atomic E-state index is 12.7. The van der Waals surface area contributed by atoms with Crippen LogP contribution in [0, 0.1) is 0 Å². The summed E-state index contributed by atoms with van der Waals surface area (Å²) in [5.41, 5.74) is 1.54. The van der Waals surface area contributed by atoms with E-state index in [2.05, 4.69) is 26.0 Å². The maximum absolute atomic E-state index is 12.7. The van der Waals surface area contributed by atoms with E-state index in [1.165, 1.54) is 12.1 Å². The summed E-state index contributed by atoms with van der Waals surface area (Å²) in [5, 5.41) is 3.10. The third-order valence-corrected chi connectivity index (χ3v) is 6.59. The van der Waals surface area contributed by atoms with Crippen molar-refractivity contribution in [1.82, 2.24) is 4.72 Å². The highest BCUT2D eigenvalue weighted by molar-refractivity contribution is 9.10. The Balaban J connectivity index is 2.06. The first kappa shape index (κ1) is 24.5. The average molecular weight is 513 g/mol. The van der Waals surface area contributed by atoms with Crippen LogP contribution in [0.25, 0.3) is 0 Å². The summed E-state index contributed by atoms with van der Waals surface area (Å²) in [7, 11) is -3.71. The molecule has 0 amide bonds. The molecule has 2 rings (SSSR count). The van der Waals surface area contributed by atoms with Crippen molar-refractivity contribution in [2.45, 2.75) is 44.0 Å². The molecule has 30 heavy (non-hydrogen) atoms.